The minimum Gasteiger partial charge on any atom is -0.480 e. The van der Waals surface area contributed by atoms with Gasteiger partial charge in [0.15, 0.2) is 12.8 Å². The van der Waals surface area contributed by atoms with Gasteiger partial charge in [-0.15, -0.1) is 0 Å². The molecule has 1 rings (SSSR count). The number of rotatable bonds is 17. The molecule has 0 fully saturated rings. The van der Waals surface area contributed by atoms with E-state index in [0.29, 0.717) is 13.1 Å². The van der Waals surface area contributed by atoms with Crippen LogP contribution in [0.4, 0.5) is 0 Å². The van der Waals surface area contributed by atoms with E-state index in [-0.39, 0.29) is 19.4 Å². The van der Waals surface area contributed by atoms with Gasteiger partial charge in [-0.25, -0.2) is 14.5 Å². The van der Waals surface area contributed by atoms with Crippen LogP contribution in [0.25, 0.3) is 0 Å². The van der Waals surface area contributed by atoms with Gasteiger partial charge in [-0.2, -0.15) is 0 Å². The second-order valence-electron chi connectivity index (χ2n) is 7.66. The highest BCUT2D eigenvalue weighted by atomic mass is 16.5. The third-order valence-electron chi connectivity index (χ3n) is 5.27. The Hall–Kier alpha value is -1.63. The predicted molar refractivity (Wildman–Crippen MR) is 109 cm³/mol. The maximum absolute atomic E-state index is 11.2. The average Bonchev–Trinajstić information content (AvgIpc) is 3.03. The third kappa shape index (κ3) is 10.1. The standard InChI is InChI=1S/C21H38N2O5/c1-3-4-5-6-7-8-9-10-11-12-13-19-22(16-20(24)25)14-15-23(19)18(2)28-17-21(26)27/h18H,3-17H2,1-2H3,(H-,24,25,26,27)/p+1. The molecule has 0 aromatic rings. The second kappa shape index (κ2) is 14.4. The van der Waals surface area contributed by atoms with E-state index in [0.717, 1.165) is 25.1 Å². The summed E-state index contributed by atoms with van der Waals surface area (Å²) in [6.07, 6.45) is 13.0. The summed E-state index contributed by atoms with van der Waals surface area (Å²) < 4.78 is 7.29. The second-order valence-corrected chi connectivity index (χ2v) is 7.66. The van der Waals surface area contributed by atoms with Gasteiger partial charge in [-0.3, -0.25) is 4.58 Å². The molecule has 0 spiro atoms. The van der Waals surface area contributed by atoms with E-state index < -0.39 is 11.9 Å². The van der Waals surface area contributed by atoms with Gasteiger partial charge in [0, 0.05) is 13.3 Å². The number of ether oxygens (including phenoxy) is 1. The van der Waals surface area contributed by atoms with Gasteiger partial charge in [0.05, 0.1) is 0 Å². The van der Waals surface area contributed by atoms with Gasteiger partial charge in [0.2, 0.25) is 5.84 Å². The summed E-state index contributed by atoms with van der Waals surface area (Å²) in [7, 11) is 0. The van der Waals surface area contributed by atoms with Crippen LogP contribution in [0.3, 0.4) is 0 Å². The van der Waals surface area contributed by atoms with E-state index in [1.54, 1.807) is 0 Å². The minimum absolute atomic E-state index is 0.0186. The van der Waals surface area contributed by atoms with Crippen molar-refractivity contribution in [3.05, 3.63) is 0 Å². The Labute approximate surface area is 169 Å². The number of nitrogens with zero attached hydrogens (tertiary/aromatic N) is 2. The molecule has 0 saturated carbocycles. The van der Waals surface area contributed by atoms with E-state index in [2.05, 4.69) is 6.92 Å². The Morgan fingerprint density at radius 1 is 1.00 bits per heavy atom. The van der Waals surface area contributed by atoms with Gasteiger partial charge >= 0.3 is 11.9 Å². The number of amidine groups is 1. The fourth-order valence-electron chi connectivity index (χ4n) is 3.75. The van der Waals surface area contributed by atoms with Crippen LogP contribution < -0.4 is 0 Å². The first-order valence-electron chi connectivity index (χ1n) is 10.9. The van der Waals surface area contributed by atoms with Crippen molar-refractivity contribution in [1.82, 2.24) is 4.90 Å². The Balaban J connectivity index is 2.38. The summed E-state index contributed by atoms with van der Waals surface area (Å²) in [5, 5.41) is 18.0. The van der Waals surface area contributed by atoms with Crippen molar-refractivity contribution in [3.63, 3.8) is 0 Å². The maximum atomic E-state index is 11.2. The number of aliphatic carboxylic acids is 2. The molecule has 1 heterocycles. The lowest BCUT2D eigenvalue weighted by molar-refractivity contribution is -0.509. The van der Waals surface area contributed by atoms with Crippen LogP contribution in [0.2, 0.25) is 0 Å². The molecular formula is C21H39N2O5+. The smallest absolute Gasteiger partial charge is 0.345 e. The normalized spacial score (nSPS) is 15.3. The minimum atomic E-state index is -0.996. The lowest BCUT2D eigenvalue weighted by Crippen LogP contribution is -2.40. The third-order valence-corrected chi connectivity index (χ3v) is 5.27. The molecule has 0 amide bonds. The predicted octanol–water partition coefficient (Wildman–Crippen LogP) is 3.56. The number of carbonyl (C=O) groups is 2. The first-order chi connectivity index (χ1) is 13.5. The highest BCUT2D eigenvalue weighted by Crippen LogP contribution is 2.16. The van der Waals surface area contributed by atoms with Gasteiger partial charge in [-0.1, -0.05) is 64.7 Å². The summed E-state index contributed by atoms with van der Waals surface area (Å²) in [6.45, 7) is 5.00. The fraction of sp³-hybridized carbons (Fsp3) is 0.857. The molecule has 0 aliphatic carbocycles. The van der Waals surface area contributed by atoms with Crippen molar-refractivity contribution < 1.29 is 29.1 Å². The van der Waals surface area contributed by atoms with Gasteiger partial charge in [0.25, 0.3) is 0 Å². The average molecular weight is 400 g/mol. The van der Waals surface area contributed by atoms with Crippen molar-refractivity contribution in [3.8, 4) is 0 Å². The molecule has 0 aromatic carbocycles. The van der Waals surface area contributed by atoms with Crippen LogP contribution in [0.5, 0.6) is 0 Å². The van der Waals surface area contributed by atoms with Gasteiger partial charge < -0.3 is 14.9 Å². The topological polar surface area (TPSA) is 90.1 Å². The monoisotopic (exact) mass is 399 g/mol. The van der Waals surface area contributed by atoms with Crippen molar-refractivity contribution >= 4 is 17.8 Å². The zero-order valence-corrected chi connectivity index (χ0v) is 17.7. The zero-order chi connectivity index (χ0) is 20.8. The molecule has 2 N–H and O–H groups in total. The first-order valence-corrected chi connectivity index (χ1v) is 10.9. The Morgan fingerprint density at radius 2 is 1.57 bits per heavy atom. The molecule has 0 bridgehead atoms. The Bertz CT molecular complexity index is 507. The van der Waals surface area contributed by atoms with Crippen LogP contribution in [0.1, 0.15) is 84.5 Å². The molecule has 1 atom stereocenters. The SMILES string of the molecule is CCCCCCCCCCCCC1=[N+](CC(=O)O)CCN1C(C)OCC(=O)O. The van der Waals surface area contributed by atoms with Crippen LogP contribution in [-0.4, -0.2) is 69.9 Å². The molecular weight excluding hydrogens is 360 g/mol. The highest BCUT2D eigenvalue weighted by molar-refractivity contribution is 5.80. The van der Waals surface area contributed by atoms with Gasteiger partial charge in [0.1, 0.15) is 19.7 Å². The molecule has 7 heteroatoms. The molecule has 28 heavy (non-hydrogen) atoms. The molecule has 0 radical (unpaired) electrons. The molecule has 162 valence electrons. The summed E-state index contributed by atoms with van der Waals surface area (Å²) in [5.74, 6) is -0.869. The number of carboxylic acids is 2. The van der Waals surface area contributed by atoms with E-state index >= 15 is 0 Å². The van der Waals surface area contributed by atoms with Crippen LogP contribution in [0.15, 0.2) is 0 Å². The Kier molecular flexibility index (Phi) is 12.5. The summed E-state index contributed by atoms with van der Waals surface area (Å²) in [5.41, 5.74) is 0. The summed E-state index contributed by atoms with van der Waals surface area (Å²) in [4.78, 5) is 23.9. The van der Waals surface area contributed by atoms with E-state index in [1.165, 1.54) is 51.4 Å². The molecule has 1 aliphatic heterocycles. The van der Waals surface area contributed by atoms with Crippen molar-refractivity contribution in [1.29, 1.82) is 0 Å². The van der Waals surface area contributed by atoms with E-state index in [4.69, 9.17) is 14.9 Å². The van der Waals surface area contributed by atoms with Crippen LogP contribution >= 0.6 is 0 Å². The summed E-state index contributed by atoms with van der Waals surface area (Å²) in [6, 6.07) is 0. The van der Waals surface area contributed by atoms with Crippen molar-refractivity contribution in [2.45, 2.75) is 90.7 Å². The fourth-order valence-corrected chi connectivity index (χ4v) is 3.75. The van der Waals surface area contributed by atoms with Crippen LogP contribution in [-0.2, 0) is 14.3 Å². The maximum Gasteiger partial charge on any atom is 0.345 e. The summed E-state index contributed by atoms with van der Waals surface area (Å²) >= 11 is 0. The molecule has 1 aliphatic rings. The lowest BCUT2D eigenvalue weighted by Gasteiger charge is -2.20. The zero-order valence-electron chi connectivity index (χ0n) is 17.7. The quantitative estimate of drug-likeness (QED) is 0.287. The highest BCUT2D eigenvalue weighted by Gasteiger charge is 2.35. The number of unbranched alkanes of at least 4 members (excludes halogenated alkanes) is 9. The molecule has 0 aromatic heterocycles. The van der Waals surface area contributed by atoms with Crippen molar-refractivity contribution in [2.75, 3.05) is 26.2 Å². The van der Waals surface area contributed by atoms with Crippen molar-refractivity contribution in [2.24, 2.45) is 0 Å². The Morgan fingerprint density at radius 3 is 2.11 bits per heavy atom. The lowest BCUT2D eigenvalue weighted by atomic mass is 10.1. The first kappa shape index (κ1) is 24.4. The van der Waals surface area contributed by atoms with E-state index in [1.807, 2.05) is 16.4 Å². The molecule has 7 nitrogen and oxygen atoms in total. The molecule has 0 saturated heterocycles. The largest absolute Gasteiger partial charge is 0.480 e. The van der Waals surface area contributed by atoms with Gasteiger partial charge in [-0.05, 0) is 6.42 Å². The number of carboxylic acid groups (broad SMARTS) is 2. The van der Waals surface area contributed by atoms with Crippen LogP contribution in [0, 0.1) is 0 Å². The molecule has 1 unspecified atom stereocenters. The number of hydrogen-bond donors (Lipinski definition) is 2. The number of hydrogen-bond acceptors (Lipinski definition) is 4. The van der Waals surface area contributed by atoms with E-state index in [9.17, 15) is 9.59 Å².